The number of carboxylic acids is 1. The molecule has 1 heterocycles. The molecule has 1 aliphatic rings. The highest BCUT2D eigenvalue weighted by Gasteiger charge is 2.29. The van der Waals surface area contributed by atoms with E-state index >= 15 is 0 Å². The van der Waals surface area contributed by atoms with Gasteiger partial charge in [-0.25, -0.2) is 0 Å². The van der Waals surface area contributed by atoms with E-state index in [1.165, 1.54) is 0 Å². The van der Waals surface area contributed by atoms with E-state index in [4.69, 9.17) is 9.47 Å². The molecule has 1 atom stereocenters. The lowest BCUT2D eigenvalue weighted by Gasteiger charge is -2.32. The Labute approximate surface area is 137 Å². The number of carbonyl (C=O) groups is 1. The van der Waals surface area contributed by atoms with Gasteiger partial charge >= 0.3 is 5.97 Å². The zero-order valence-electron chi connectivity index (χ0n) is 13.9. The van der Waals surface area contributed by atoms with Crippen molar-refractivity contribution in [3.05, 3.63) is 23.8 Å². The summed E-state index contributed by atoms with van der Waals surface area (Å²) in [5, 5.41) is 12.9. The van der Waals surface area contributed by atoms with E-state index in [1.807, 2.05) is 30.9 Å². The molecule has 0 aliphatic carbocycles. The molecule has 23 heavy (non-hydrogen) atoms. The Morgan fingerprint density at radius 1 is 1.26 bits per heavy atom. The Morgan fingerprint density at radius 3 is 2.61 bits per heavy atom. The summed E-state index contributed by atoms with van der Waals surface area (Å²) in [6, 6.07) is 4.79. The van der Waals surface area contributed by atoms with Crippen LogP contribution in [0.4, 0.5) is 0 Å². The summed E-state index contributed by atoms with van der Waals surface area (Å²) in [5.74, 6) is 0.443. The van der Waals surface area contributed by atoms with Crippen molar-refractivity contribution in [3.8, 4) is 11.5 Å². The van der Waals surface area contributed by atoms with Crippen LogP contribution in [-0.4, -0.2) is 55.4 Å². The van der Waals surface area contributed by atoms with Crippen molar-refractivity contribution in [1.29, 1.82) is 0 Å². The second-order valence-corrected chi connectivity index (χ2v) is 5.51. The molecule has 2 N–H and O–H groups in total. The van der Waals surface area contributed by atoms with Gasteiger partial charge in [0.1, 0.15) is 6.04 Å². The number of carboxylic acid groups (broad SMARTS) is 1. The molecule has 0 radical (unpaired) electrons. The Balaban J connectivity index is 2.27. The first kappa shape index (κ1) is 17.6. The summed E-state index contributed by atoms with van der Waals surface area (Å²) >= 11 is 0. The number of nitrogens with zero attached hydrogens (tertiary/aromatic N) is 1. The van der Waals surface area contributed by atoms with Crippen LogP contribution in [0.1, 0.15) is 31.9 Å². The van der Waals surface area contributed by atoms with Crippen molar-refractivity contribution in [2.24, 2.45) is 0 Å². The second-order valence-electron chi connectivity index (χ2n) is 5.51. The highest BCUT2D eigenvalue weighted by molar-refractivity contribution is 5.76. The van der Waals surface area contributed by atoms with Crippen LogP contribution in [-0.2, 0) is 4.79 Å². The fourth-order valence-corrected chi connectivity index (χ4v) is 2.74. The fraction of sp³-hybridized carbons (Fsp3) is 0.588. The highest BCUT2D eigenvalue weighted by atomic mass is 16.5. The molecule has 0 bridgehead atoms. The molecule has 6 nitrogen and oxygen atoms in total. The van der Waals surface area contributed by atoms with Gasteiger partial charge in [0.25, 0.3) is 0 Å². The molecule has 6 heteroatoms. The molecule has 0 saturated carbocycles. The molecule has 128 valence electrons. The first-order chi connectivity index (χ1) is 11.2. The number of benzene rings is 1. The highest BCUT2D eigenvalue weighted by Crippen LogP contribution is 2.33. The van der Waals surface area contributed by atoms with Crippen LogP contribution in [0, 0.1) is 0 Å². The van der Waals surface area contributed by atoms with Gasteiger partial charge in [-0.3, -0.25) is 9.69 Å². The van der Waals surface area contributed by atoms with Gasteiger partial charge in [-0.2, -0.15) is 0 Å². The average Bonchev–Trinajstić information content (AvgIpc) is 2.55. The summed E-state index contributed by atoms with van der Waals surface area (Å²) in [6.07, 6.45) is 0.909. The van der Waals surface area contributed by atoms with Gasteiger partial charge in [-0.05, 0) is 31.0 Å². The zero-order valence-corrected chi connectivity index (χ0v) is 13.9. The molecule has 1 aliphatic heterocycles. The summed E-state index contributed by atoms with van der Waals surface area (Å²) in [7, 11) is 0. The third-order valence-electron chi connectivity index (χ3n) is 3.80. The number of rotatable bonds is 8. The van der Waals surface area contributed by atoms with Gasteiger partial charge in [-0.1, -0.05) is 13.0 Å². The fourth-order valence-electron chi connectivity index (χ4n) is 2.74. The van der Waals surface area contributed by atoms with E-state index in [1.54, 1.807) is 6.07 Å². The number of piperazine rings is 1. The van der Waals surface area contributed by atoms with Gasteiger partial charge in [0, 0.05) is 26.2 Å². The monoisotopic (exact) mass is 322 g/mol. The van der Waals surface area contributed by atoms with E-state index in [0.29, 0.717) is 24.7 Å². The summed E-state index contributed by atoms with van der Waals surface area (Å²) < 4.78 is 11.3. The topological polar surface area (TPSA) is 71.0 Å². The molecule has 1 unspecified atom stereocenters. The first-order valence-electron chi connectivity index (χ1n) is 8.24. The third kappa shape index (κ3) is 4.59. The van der Waals surface area contributed by atoms with E-state index in [2.05, 4.69) is 5.32 Å². The lowest BCUT2D eigenvalue weighted by molar-refractivity contribution is -0.143. The predicted molar refractivity (Wildman–Crippen MR) is 88.2 cm³/mol. The lowest BCUT2D eigenvalue weighted by Crippen LogP contribution is -2.47. The van der Waals surface area contributed by atoms with Crippen molar-refractivity contribution in [1.82, 2.24) is 10.2 Å². The van der Waals surface area contributed by atoms with Crippen LogP contribution in [0.15, 0.2) is 18.2 Å². The maximum atomic E-state index is 11.8. The number of hydrogen-bond donors (Lipinski definition) is 2. The molecule has 1 aromatic carbocycles. The standard InChI is InChI=1S/C17H26N2O4/c1-3-11-23-14-6-5-13(12-15(14)22-4-2)16(17(20)21)19-9-7-18-8-10-19/h5-6,12,16,18H,3-4,7-11H2,1-2H3,(H,20,21). The van der Waals surface area contributed by atoms with Crippen molar-refractivity contribution in [2.45, 2.75) is 26.3 Å². The van der Waals surface area contributed by atoms with Crippen molar-refractivity contribution in [3.63, 3.8) is 0 Å². The Hall–Kier alpha value is -1.79. The smallest absolute Gasteiger partial charge is 0.325 e. The van der Waals surface area contributed by atoms with Crippen LogP contribution in [0.5, 0.6) is 11.5 Å². The maximum Gasteiger partial charge on any atom is 0.325 e. The molecule has 0 aromatic heterocycles. The summed E-state index contributed by atoms with van der Waals surface area (Å²) in [6.45, 7) is 8.11. The normalized spacial score (nSPS) is 16.8. The molecular weight excluding hydrogens is 296 g/mol. The summed E-state index contributed by atoms with van der Waals surface area (Å²) in [5.41, 5.74) is 0.728. The van der Waals surface area contributed by atoms with Crippen LogP contribution in [0.25, 0.3) is 0 Å². The number of ether oxygens (including phenoxy) is 2. The van der Waals surface area contributed by atoms with Crippen molar-refractivity contribution in [2.75, 3.05) is 39.4 Å². The minimum atomic E-state index is -0.837. The van der Waals surface area contributed by atoms with Crippen LogP contribution in [0.2, 0.25) is 0 Å². The minimum absolute atomic E-state index is 0.511. The maximum absolute atomic E-state index is 11.8. The van der Waals surface area contributed by atoms with Crippen LogP contribution in [0.3, 0.4) is 0 Å². The quantitative estimate of drug-likeness (QED) is 0.762. The van der Waals surface area contributed by atoms with E-state index in [-0.39, 0.29) is 0 Å². The molecular formula is C17H26N2O4. The van der Waals surface area contributed by atoms with Crippen molar-refractivity contribution < 1.29 is 19.4 Å². The third-order valence-corrected chi connectivity index (χ3v) is 3.80. The van der Waals surface area contributed by atoms with Gasteiger partial charge in [-0.15, -0.1) is 0 Å². The van der Waals surface area contributed by atoms with Crippen molar-refractivity contribution >= 4 is 5.97 Å². The Bertz CT molecular complexity index is 515. The number of nitrogens with one attached hydrogen (secondary N) is 1. The van der Waals surface area contributed by atoms with E-state index in [0.717, 1.165) is 38.2 Å². The minimum Gasteiger partial charge on any atom is -0.490 e. The first-order valence-corrected chi connectivity index (χ1v) is 8.24. The summed E-state index contributed by atoms with van der Waals surface area (Å²) in [4.78, 5) is 13.8. The van der Waals surface area contributed by atoms with Gasteiger partial charge in [0.15, 0.2) is 11.5 Å². The molecule has 1 saturated heterocycles. The van der Waals surface area contributed by atoms with Gasteiger partial charge in [0.2, 0.25) is 0 Å². The molecule has 1 aromatic rings. The molecule has 1 fully saturated rings. The van der Waals surface area contributed by atoms with Gasteiger partial charge < -0.3 is 19.9 Å². The van der Waals surface area contributed by atoms with E-state index < -0.39 is 12.0 Å². The van der Waals surface area contributed by atoms with Gasteiger partial charge in [0.05, 0.1) is 13.2 Å². The number of aliphatic carboxylic acids is 1. The van der Waals surface area contributed by atoms with Crippen LogP contribution >= 0.6 is 0 Å². The Morgan fingerprint density at radius 2 is 2.00 bits per heavy atom. The molecule has 2 rings (SSSR count). The predicted octanol–water partition coefficient (Wildman–Crippen LogP) is 1.90. The largest absolute Gasteiger partial charge is 0.490 e. The second kappa shape index (κ2) is 8.74. The SMILES string of the molecule is CCCOc1ccc(C(C(=O)O)N2CCNCC2)cc1OCC. The van der Waals surface area contributed by atoms with Crippen LogP contribution < -0.4 is 14.8 Å². The number of hydrogen-bond acceptors (Lipinski definition) is 5. The average molecular weight is 322 g/mol. The molecule has 0 spiro atoms. The molecule has 0 amide bonds. The lowest BCUT2D eigenvalue weighted by atomic mass is 10.0. The van der Waals surface area contributed by atoms with E-state index in [9.17, 15) is 9.90 Å². The Kier molecular flexibility index (Phi) is 6.67. The zero-order chi connectivity index (χ0) is 16.7.